The molecule has 0 aromatic rings. The molecular formula is C12H18N2O4. The molecule has 0 aliphatic heterocycles. The summed E-state index contributed by atoms with van der Waals surface area (Å²) in [5.74, 6) is -1.24. The molecule has 1 aliphatic carbocycles. The molecule has 0 aromatic heterocycles. The number of rotatable bonds is 6. The van der Waals surface area contributed by atoms with Crippen LogP contribution in [-0.2, 0) is 9.59 Å². The van der Waals surface area contributed by atoms with Crippen LogP contribution in [0.1, 0.15) is 38.5 Å². The highest BCUT2D eigenvalue weighted by molar-refractivity contribution is 5.94. The van der Waals surface area contributed by atoms with Crippen LogP contribution in [-0.4, -0.2) is 29.1 Å². The number of carboxylic acid groups (broad SMARTS) is 1. The predicted molar refractivity (Wildman–Crippen MR) is 64.9 cm³/mol. The van der Waals surface area contributed by atoms with Gasteiger partial charge in [-0.25, -0.2) is 4.79 Å². The van der Waals surface area contributed by atoms with Crippen LogP contribution in [0.3, 0.4) is 0 Å². The Morgan fingerprint density at radius 3 is 2.33 bits per heavy atom. The van der Waals surface area contributed by atoms with Crippen molar-refractivity contribution in [3.05, 3.63) is 12.2 Å². The molecule has 0 fully saturated rings. The third kappa shape index (κ3) is 6.03. The maximum Gasteiger partial charge on any atom is 0.321 e. The molecule has 6 heteroatoms. The monoisotopic (exact) mass is 254 g/mol. The number of aliphatic carboxylic acids is 1. The summed E-state index contributed by atoms with van der Waals surface area (Å²) in [5, 5.41) is 13.3. The summed E-state index contributed by atoms with van der Waals surface area (Å²) in [6.45, 7) is 0. The van der Waals surface area contributed by atoms with E-state index in [0.29, 0.717) is 12.8 Å². The average Bonchev–Trinajstić information content (AvgIpc) is 2.76. The molecular weight excluding hydrogens is 236 g/mol. The quantitative estimate of drug-likeness (QED) is 0.490. The molecule has 0 radical (unpaired) electrons. The van der Waals surface area contributed by atoms with Crippen LogP contribution in [0.2, 0.25) is 0 Å². The Labute approximate surface area is 105 Å². The summed E-state index contributed by atoms with van der Waals surface area (Å²) in [6, 6.07) is -0.406. The molecule has 6 nitrogen and oxygen atoms in total. The largest absolute Gasteiger partial charge is 0.481 e. The first-order valence-corrected chi connectivity index (χ1v) is 6.05. The lowest BCUT2D eigenvalue weighted by Gasteiger charge is -2.12. The number of hydrogen-bond donors (Lipinski definition) is 3. The second kappa shape index (κ2) is 7.47. The smallest absolute Gasteiger partial charge is 0.321 e. The first-order valence-electron chi connectivity index (χ1n) is 6.05. The molecule has 100 valence electrons. The van der Waals surface area contributed by atoms with Crippen molar-refractivity contribution in [1.82, 2.24) is 10.6 Å². The van der Waals surface area contributed by atoms with Gasteiger partial charge in [-0.1, -0.05) is 12.2 Å². The third-order valence-electron chi connectivity index (χ3n) is 2.64. The second-order valence-electron chi connectivity index (χ2n) is 4.26. The molecule has 0 heterocycles. The molecule has 0 aromatic carbocycles. The first kappa shape index (κ1) is 14.2. The van der Waals surface area contributed by atoms with E-state index in [4.69, 9.17) is 5.11 Å². The van der Waals surface area contributed by atoms with E-state index in [1.807, 2.05) is 12.2 Å². The van der Waals surface area contributed by atoms with E-state index < -0.39 is 12.0 Å². The minimum Gasteiger partial charge on any atom is -0.481 e. The van der Waals surface area contributed by atoms with E-state index in [1.165, 1.54) is 0 Å². The van der Waals surface area contributed by atoms with Gasteiger partial charge in [0, 0.05) is 18.9 Å². The van der Waals surface area contributed by atoms with Crippen molar-refractivity contribution in [3.63, 3.8) is 0 Å². The first-order chi connectivity index (χ1) is 8.58. The van der Waals surface area contributed by atoms with Gasteiger partial charge in [0.25, 0.3) is 0 Å². The van der Waals surface area contributed by atoms with Gasteiger partial charge in [0.2, 0.25) is 5.91 Å². The van der Waals surface area contributed by atoms with Crippen molar-refractivity contribution in [2.75, 3.05) is 0 Å². The Balaban J connectivity index is 2.07. The fourth-order valence-electron chi connectivity index (χ4n) is 1.71. The van der Waals surface area contributed by atoms with Crippen molar-refractivity contribution in [2.45, 2.75) is 44.6 Å². The van der Waals surface area contributed by atoms with Crippen molar-refractivity contribution in [2.24, 2.45) is 0 Å². The number of urea groups is 1. The van der Waals surface area contributed by atoms with E-state index in [2.05, 4.69) is 10.6 Å². The van der Waals surface area contributed by atoms with Crippen LogP contribution < -0.4 is 10.6 Å². The van der Waals surface area contributed by atoms with E-state index in [9.17, 15) is 14.4 Å². The number of hydrogen-bond acceptors (Lipinski definition) is 3. The van der Waals surface area contributed by atoms with Gasteiger partial charge in [0.05, 0.1) is 0 Å². The zero-order valence-corrected chi connectivity index (χ0v) is 10.1. The lowest BCUT2D eigenvalue weighted by Crippen LogP contribution is -2.43. The summed E-state index contributed by atoms with van der Waals surface area (Å²) >= 11 is 0. The van der Waals surface area contributed by atoms with Crippen LogP contribution in [0.25, 0.3) is 0 Å². The molecule has 3 N–H and O–H groups in total. The van der Waals surface area contributed by atoms with Gasteiger partial charge in [-0.3, -0.25) is 14.9 Å². The van der Waals surface area contributed by atoms with E-state index in [-0.39, 0.29) is 24.8 Å². The van der Waals surface area contributed by atoms with Gasteiger partial charge >= 0.3 is 12.0 Å². The van der Waals surface area contributed by atoms with Crippen molar-refractivity contribution in [1.29, 1.82) is 0 Å². The van der Waals surface area contributed by atoms with Crippen molar-refractivity contribution in [3.8, 4) is 0 Å². The highest BCUT2D eigenvalue weighted by Gasteiger charge is 2.14. The Morgan fingerprint density at radius 1 is 1.11 bits per heavy atom. The Morgan fingerprint density at radius 2 is 1.72 bits per heavy atom. The van der Waals surface area contributed by atoms with Crippen LogP contribution in [0, 0.1) is 0 Å². The number of carbonyl (C=O) groups is 3. The minimum atomic E-state index is -0.873. The molecule has 0 unspecified atom stereocenters. The summed E-state index contributed by atoms with van der Waals surface area (Å²) in [5.41, 5.74) is 0. The molecule has 0 atom stereocenters. The maximum atomic E-state index is 11.4. The lowest BCUT2D eigenvalue weighted by atomic mass is 10.2. The highest BCUT2D eigenvalue weighted by Crippen LogP contribution is 2.08. The van der Waals surface area contributed by atoms with E-state index >= 15 is 0 Å². The number of unbranched alkanes of at least 4 members (excludes halogenated alkanes) is 1. The van der Waals surface area contributed by atoms with Gasteiger partial charge in [0.15, 0.2) is 0 Å². The third-order valence-corrected chi connectivity index (χ3v) is 2.64. The molecule has 3 amide bonds. The minimum absolute atomic E-state index is 0.0488. The normalized spacial score (nSPS) is 14.4. The number of nitrogens with one attached hydrogen (secondary N) is 2. The number of amides is 3. The Bertz CT molecular complexity index is 344. The molecule has 0 spiro atoms. The highest BCUT2D eigenvalue weighted by atomic mass is 16.4. The molecule has 0 saturated heterocycles. The van der Waals surface area contributed by atoms with Crippen LogP contribution >= 0.6 is 0 Å². The fourth-order valence-corrected chi connectivity index (χ4v) is 1.71. The summed E-state index contributed by atoms with van der Waals surface area (Å²) < 4.78 is 0. The van der Waals surface area contributed by atoms with Gasteiger partial charge in [-0.15, -0.1) is 0 Å². The van der Waals surface area contributed by atoms with Crippen molar-refractivity contribution < 1.29 is 19.5 Å². The zero-order valence-electron chi connectivity index (χ0n) is 10.1. The molecule has 18 heavy (non-hydrogen) atoms. The SMILES string of the molecule is O=C(O)CCCCC(=O)NC(=O)NC1CC=CC1. The maximum absolute atomic E-state index is 11.4. The number of imide groups is 1. The van der Waals surface area contributed by atoms with Gasteiger partial charge < -0.3 is 10.4 Å². The second-order valence-corrected chi connectivity index (χ2v) is 4.26. The zero-order chi connectivity index (χ0) is 13.4. The van der Waals surface area contributed by atoms with Crippen LogP contribution in [0.15, 0.2) is 12.2 Å². The Kier molecular flexibility index (Phi) is 5.90. The van der Waals surface area contributed by atoms with E-state index in [0.717, 1.165) is 12.8 Å². The summed E-state index contributed by atoms with van der Waals surface area (Å²) in [7, 11) is 0. The molecule has 1 aliphatic rings. The van der Waals surface area contributed by atoms with Crippen molar-refractivity contribution >= 4 is 17.9 Å². The predicted octanol–water partition coefficient (Wildman–Crippen LogP) is 1.18. The Hall–Kier alpha value is -1.85. The lowest BCUT2D eigenvalue weighted by molar-refractivity contribution is -0.137. The topological polar surface area (TPSA) is 95.5 Å². The number of carboxylic acids is 1. The molecule has 0 bridgehead atoms. The molecule has 0 saturated carbocycles. The summed E-state index contributed by atoms with van der Waals surface area (Å²) in [6.07, 6.45) is 6.68. The van der Waals surface area contributed by atoms with E-state index in [1.54, 1.807) is 0 Å². The summed E-state index contributed by atoms with van der Waals surface area (Å²) in [4.78, 5) is 33.0. The van der Waals surface area contributed by atoms with Crippen LogP contribution in [0.5, 0.6) is 0 Å². The van der Waals surface area contributed by atoms with Gasteiger partial charge in [-0.05, 0) is 25.7 Å². The standard InChI is InChI=1S/C12H18N2O4/c15-10(7-3-4-8-11(16)17)14-12(18)13-9-5-1-2-6-9/h1-2,9H,3-8H2,(H,16,17)(H2,13,14,15,18). The van der Waals surface area contributed by atoms with Gasteiger partial charge in [0.1, 0.15) is 0 Å². The number of carbonyl (C=O) groups excluding carboxylic acids is 2. The fraction of sp³-hybridized carbons (Fsp3) is 0.583. The average molecular weight is 254 g/mol. The van der Waals surface area contributed by atoms with Crippen LogP contribution in [0.4, 0.5) is 4.79 Å². The molecule has 1 rings (SSSR count). The van der Waals surface area contributed by atoms with Gasteiger partial charge in [-0.2, -0.15) is 0 Å².